The first-order chi connectivity index (χ1) is 13.2. The Morgan fingerprint density at radius 1 is 1.22 bits per heavy atom. The SMILES string of the molecule is OCc1cc2cc([C@@H](O)C[C@@H]3c4ccccc4-c4cncn43)c(F)cc2o1. The van der Waals surface area contributed by atoms with Gasteiger partial charge in [-0.2, -0.15) is 0 Å². The number of imidazole rings is 1. The van der Waals surface area contributed by atoms with Gasteiger partial charge in [0.05, 0.1) is 30.4 Å². The first kappa shape index (κ1) is 16.2. The van der Waals surface area contributed by atoms with Gasteiger partial charge in [0.1, 0.15) is 23.8 Å². The molecule has 1 aliphatic rings. The van der Waals surface area contributed by atoms with E-state index in [-0.39, 0.29) is 18.2 Å². The standard InChI is InChI=1S/C21H17FN2O3/c22-17-7-21-12(5-13(10-25)27-21)6-16(17)20(26)8-18-14-3-1-2-4-15(14)19-9-23-11-24(18)19/h1-7,9,11,18,20,25-26H,8,10H2/t18-,20+/m1/s1. The van der Waals surface area contributed by atoms with Crippen molar-refractivity contribution in [2.45, 2.75) is 25.2 Å². The van der Waals surface area contributed by atoms with Crippen LogP contribution in [0.5, 0.6) is 0 Å². The van der Waals surface area contributed by atoms with Gasteiger partial charge in [0.2, 0.25) is 0 Å². The number of aliphatic hydroxyl groups is 2. The maximum atomic E-state index is 14.6. The summed E-state index contributed by atoms with van der Waals surface area (Å²) >= 11 is 0. The minimum Gasteiger partial charge on any atom is -0.459 e. The lowest BCUT2D eigenvalue weighted by Gasteiger charge is -2.19. The third-order valence-electron chi connectivity index (χ3n) is 5.25. The zero-order chi connectivity index (χ0) is 18.5. The zero-order valence-electron chi connectivity index (χ0n) is 14.3. The van der Waals surface area contributed by atoms with Gasteiger partial charge in [0.15, 0.2) is 0 Å². The van der Waals surface area contributed by atoms with Crippen molar-refractivity contribution in [2.75, 3.05) is 0 Å². The van der Waals surface area contributed by atoms with Crippen molar-refractivity contribution in [3.63, 3.8) is 0 Å². The van der Waals surface area contributed by atoms with E-state index in [9.17, 15) is 14.6 Å². The number of benzene rings is 2. The van der Waals surface area contributed by atoms with E-state index in [0.29, 0.717) is 23.2 Å². The van der Waals surface area contributed by atoms with Crippen LogP contribution in [0.3, 0.4) is 0 Å². The molecule has 0 unspecified atom stereocenters. The van der Waals surface area contributed by atoms with Crippen LogP contribution in [0.1, 0.15) is 35.5 Å². The van der Waals surface area contributed by atoms with Gasteiger partial charge in [-0.05, 0) is 17.7 Å². The van der Waals surface area contributed by atoms with Gasteiger partial charge in [-0.15, -0.1) is 0 Å². The monoisotopic (exact) mass is 364 g/mol. The Kier molecular flexibility index (Phi) is 3.63. The molecule has 3 heterocycles. The Morgan fingerprint density at radius 3 is 2.93 bits per heavy atom. The van der Waals surface area contributed by atoms with Crippen molar-refractivity contribution >= 4 is 11.0 Å². The molecule has 0 fully saturated rings. The van der Waals surface area contributed by atoms with E-state index in [1.807, 2.05) is 28.8 Å². The maximum Gasteiger partial charge on any atom is 0.137 e. The van der Waals surface area contributed by atoms with Gasteiger partial charge in [-0.25, -0.2) is 9.37 Å². The molecule has 27 heavy (non-hydrogen) atoms. The van der Waals surface area contributed by atoms with E-state index in [0.717, 1.165) is 16.8 Å². The third kappa shape index (κ3) is 2.49. The summed E-state index contributed by atoms with van der Waals surface area (Å²) in [5.74, 6) is -0.158. The quantitative estimate of drug-likeness (QED) is 0.575. The van der Waals surface area contributed by atoms with E-state index in [1.165, 1.54) is 6.07 Å². The number of aliphatic hydroxyl groups excluding tert-OH is 2. The molecular formula is C21H17FN2O3. The minimum atomic E-state index is -0.992. The summed E-state index contributed by atoms with van der Waals surface area (Å²) in [7, 11) is 0. The summed E-state index contributed by atoms with van der Waals surface area (Å²) in [6.07, 6.45) is 2.89. The van der Waals surface area contributed by atoms with Crippen LogP contribution in [0.2, 0.25) is 0 Å². The normalized spacial score (nSPS) is 16.5. The molecule has 0 spiro atoms. The van der Waals surface area contributed by atoms with E-state index >= 15 is 0 Å². The first-order valence-electron chi connectivity index (χ1n) is 8.77. The van der Waals surface area contributed by atoms with E-state index < -0.39 is 11.9 Å². The highest BCUT2D eigenvalue weighted by molar-refractivity contribution is 5.79. The average molecular weight is 364 g/mol. The number of furan rings is 1. The van der Waals surface area contributed by atoms with Crippen molar-refractivity contribution < 1.29 is 19.0 Å². The molecule has 6 heteroatoms. The highest BCUT2D eigenvalue weighted by Gasteiger charge is 2.31. The first-order valence-corrected chi connectivity index (χ1v) is 8.77. The predicted molar refractivity (Wildman–Crippen MR) is 97.5 cm³/mol. The molecule has 5 nitrogen and oxygen atoms in total. The van der Waals surface area contributed by atoms with Crippen molar-refractivity contribution in [1.82, 2.24) is 9.55 Å². The Hall–Kier alpha value is -2.96. The van der Waals surface area contributed by atoms with Gasteiger partial charge in [0.25, 0.3) is 0 Å². The second kappa shape index (κ2) is 6.04. The Morgan fingerprint density at radius 2 is 2.07 bits per heavy atom. The Bertz CT molecular complexity index is 1150. The second-order valence-electron chi connectivity index (χ2n) is 6.82. The number of fused-ring (bicyclic) bond motifs is 4. The highest BCUT2D eigenvalue weighted by Crippen LogP contribution is 2.43. The maximum absolute atomic E-state index is 14.6. The summed E-state index contributed by atoms with van der Waals surface area (Å²) in [6.45, 7) is -0.254. The predicted octanol–water partition coefficient (Wildman–Crippen LogP) is 3.95. The van der Waals surface area contributed by atoms with E-state index in [4.69, 9.17) is 4.42 Å². The molecule has 0 radical (unpaired) electrons. The molecule has 2 N–H and O–H groups in total. The van der Waals surface area contributed by atoms with Crippen LogP contribution in [0, 0.1) is 5.82 Å². The number of nitrogens with zero attached hydrogens (tertiary/aromatic N) is 2. The summed E-state index contributed by atoms with van der Waals surface area (Å²) in [4.78, 5) is 4.21. The number of hydrogen-bond acceptors (Lipinski definition) is 4. The van der Waals surface area contributed by atoms with Crippen LogP contribution in [0.25, 0.3) is 22.2 Å². The highest BCUT2D eigenvalue weighted by atomic mass is 19.1. The van der Waals surface area contributed by atoms with Crippen LogP contribution >= 0.6 is 0 Å². The van der Waals surface area contributed by atoms with Crippen LogP contribution in [-0.2, 0) is 6.61 Å². The van der Waals surface area contributed by atoms with Crippen molar-refractivity contribution in [2.24, 2.45) is 0 Å². The molecule has 0 bridgehead atoms. The molecule has 2 aromatic heterocycles. The topological polar surface area (TPSA) is 71.4 Å². The number of halogens is 1. The molecule has 0 aliphatic carbocycles. The fourth-order valence-electron chi connectivity index (χ4n) is 3.98. The molecular weight excluding hydrogens is 347 g/mol. The Balaban J connectivity index is 1.51. The molecule has 2 atom stereocenters. The van der Waals surface area contributed by atoms with Crippen molar-refractivity contribution in [1.29, 1.82) is 0 Å². The molecule has 5 rings (SSSR count). The van der Waals surface area contributed by atoms with E-state index in [2.05, 4.69) is 4.98 Å². The number of aromatic nitrogens is 2. The zero-order valence-corrected chi connectivity index (χ0v) is 14.3. The van der Waals surface area contributed by atoms with Crippen LogP contribution in [0.4, 0.5) is 4.39 Å². The number of rotatable bonds is 4. The number of hydrogen-bond donors (Lipinski definition) is 2. The van der Waals surface area contributed by atoms with Crippen LogP contribution in [0.15, 0.2) is 59.4 Å². The minimum absolute atomic E-state index is 0.110. The van der Waals surface area contributed by atoms with Crippen LogP contribution in [-0.4, -0.2) is 19.8 Å². The molecule has 2 aromatic carbocycles. The fourth-order valence-corrected chi connectivity index (χ4v) is 3.98. The van der Waals surface area contributed by atoms with Gasteiger partial charge in [0, 0.05) is 29.0 Å². The van der Waals surface area contributed by atoms with Gasteiger partial charge >= 0.3 is 0 Å². The Labute approximate surface area is 154 Å². The van der Waals surface area contributed by atoms with E-state index in [1.54, 1.807) is 24.7 Å². The molecule has 136 valence electrons. The summed E-state index contributed by atoms with van der Waals surface area (Å²) in [6, 6.07) is 12.4. The molecule has 0 amide bonds. The summed E-state index contributed by atoms with van der Waals surface area (Å²) in [5, 5.41) is 20.7. The van der Waals surface area contributed by atoms with Crippen molar-refractivity contribution in [3.8, 4) is 11.3 Å². The van der Waals surface area contributed by atoms with Gasteiger partial charge in [-0.3, -0.25) is 0 Å². The molecule has 4 aromatic rings. The van der Waals surface area contributed by atoms with Gasteiger partial charge < -0.3 is 19.2 Å². The lowest BCUT2D eigenvalue weighted by molar-refractivity contribution is 0.149. The molecule has 1 aliphatic heterocycles. The summed E-state index contributed by atoms with van der Waals surface area (Å²) < 4.78 is 22.0. The lowest BCUT2D eigenvalue weighted by atomic mass is 9.95. The van der Waals surface area contributed by atoms with Crippen LogP contribution < -0.4 is 0 Å². The fraction of sp³-hybridized carbons (Fsp3) is 0.190. The lowest BCUT2D eigenvalue weighted by Crippen LogP contribution is -2.11. The average Bonchev–Trinajstić information content (AvgIpc) is 3.36. The summed E-state index contributed by atoms with van der Waals surface area (Å²) in [5.41, 5.74) is 3.77. The third-order valence-corrected chi connectivity index (χ3v) is 5.25. The molecule has 0 saturated carbocycles. The largest absolute Gasteiger partial charge is 0.459 e. The van der Waals surface area contributed by atoms with Gasteiger partial charge in [-0.1, -0.05) is 24.3 Å². The molecule has 0 saturated heterocycles. The smallest absolute Gasteiger partial charge is 0.137 e. The van der Waals surface area contributed by atoms with Crippen molar-refractivity contribution in [3.05, 3.63) is 77.7 Å². The second-order valence-corrected chi connectivity index (χ2v) is 6.82.